The van der Waals surface area contributed by atoms with Crippen LogP contribution in [0.15, 0.2) is 41.4 Å². The maximum atomic E-state index is 12.5. The molecule has 1 N–H and O–H groups in total. The van der Waals surface area contributed by atoms with Gasteiger partial charge in [0.15, 0.2) is 0 Å². The van der Waals surface area contributed by atoms with E-state index in [9.17, 15) is 8.42 Å². The Morgan fingerprint density at radius 3 is 2.36 bits per heavy atom. The smallest absolute Gasteiger partial charge is 0.239 e. The van der Waals surface area contributed by atoms with Gasteiger partial charge in [-0.2, -0.15) is 5.10 Å². The number of nitrogens with one attached hydrogen (secondary N) is 1. The second kappa shape index (κ2) is 6.22. The number of rotatable bonds is 5. The molecule has 0 amide bonds. The van der Waals surface area contributed by atoms with Crippen LogP contribution in [0.5, 0.6) is 0 Å². The molecule has 0 atom stereocenters. The molecule has 0 radical (unpaired) electrons. The van der Waals surface area contributed by atoms with Gasteiger partial charge in [0.05, 0.1) is 17.6 Å². The van der Waals surface area contributed by atoms with Crippen molar-refractivity contribution in [1.82, 2.24) is 14.5 Å². The highest BCUT2D eigenvalue weighted by molar-refractivity contribution is 7.89. The lowest BCUT2D eigenvalue weighted by atomic mass is 9.92. The molecule has 1 aromatic carbocycles. The number of hydrogen-bond donors (Lipinski definition) is 1. The molecule has 6 heteroatoms. The third kappa shape index (κ3) is 3.56. The van der Waals surface area contributed by atoms with Crippen LogP contribution in [0.4, 0.5) is 0 Å². The summed E-state index contributed by atoms with van der Waals surface area (Å²) in [4.78, 5) is 0.248. The molecule has 0 unspecified atom stereocenters. The molecular weight excluding hydrogens is 298 g/mol. The Bertz CT molecular complexity index is 728. The summed E-state index contributed by atoms with van der Waals surface area (Å²) in [6.45, 7) is 8.24. The fourth-order valence-corrected chi connectivity index (χ4v) is 3.57. The molecule has 5 nitrogen and oxygen atoms in total. The average molecular weight is 321 g/mol. The summed E-state index contributed by atoms with van der Waals surface area (Å²) >= 11 is 0. The molecule has 0 fully saturated rings. The molecule has 0 aliphatic heterocycles. The van der Waals surface area contributed by atoms with Gasteiger partial charge in [0.25, 0.3) is 0 Å². The number of benzene rings is 1. The van der Waals surface area contributed by atoms with Crippen molar-refractivity contribution >= 4 is 10.0 Å². The van der Waals surface area contributed by atoms with Gasteiger partial charge in [-0.15, -0.1) is 0 Å². The summed E-state index contributed by atoms with van der Waals surface area (Å²) in [5, 5.41) is 4.52. The number of nitrogens with zero attached hydrogens (tertiary/aromatic N) is 2. The largest absolute Gasteiger partial charge is 0.244 e. The SMILES string of the molecule is CCCNS(=O)(=O)c1cn(-c2ccccc2)nc1C(C)(C)C. The van der Waals surface area contributed by atoms with Crippen LogP contribution < -0.4 is 4.72 Å². The van der Waals surface area contributed by atoms with Crippen LogP contribution in [0, 0.1) is 0 Å². The second-order valence-electron chi connectivity index (χ2n) is 6.27. The maximum Gasteiger partial charge on any atom is 0.244 e. The minimum atomic E-state index is -3.56. The molecule has 2 rings (SSSR count). The van der Waals surface area contributed by atoms with Crippen molar-refractivity contribution < 1.29 is 8.42 Å². The predicted molar refractivity (Wildman–Crippen MR) is 87.7 cm³/mol. The first kappa shape index (κ1) is 16.7. The summed E-state index contributed by atoms with van der Waals surface area (Å²) < 4.78 is 29.3. The molecule has 0 saturated heterocycles. The first-order valence-corrected chi connectivity index (χ1v) is 8.89. The van der Waals surface area contributed by atoms with E-state index in [0.717, 1.165) is 12.1 Å². The fraction of sp³-hybridized carbons (Fsp3) is 0.438. The molecule has 0 aliphatic rings. The molecule has 22 heavy (non-hydrogen) atoms. The van der Waals surface area contributed by atoms with Gasteiger partial charge in [-0.3, -0.25) is 0 Å². The van der Waals surface area contributed by atoms with Gasteiger partial charge in [0.1, 0.15) is 4.90 Å². The van der Waals surface area contributed by atoms with Gasteiger partial charge in [0.2, 0.25) is 10.0 Å². The average Bonchev–Trinajstić information content (AvgIpc) is 2.92. The predicted octanol–water partition coefficient (Wildman–Crippen LogP) is 2.86. The Kier molecular flexibility index (Phi) is 4.72. The summed E-state index contributed by atoms with van der Waals surface area (Å²) in [5.74, 6) is 0. The molecule has 120 valence electrons. The van der Waals surface area contributed by atoms with Crippen LogP contribution in [0.1, 0.15) is 39.8 Å². The van der Waals surface area contributed by atoms with Crippen molar-refractivity contribution in [3.05, 3.63) is 42.2 Å². The summed E-state index contributed by atoms with van der Waals surface area (Å²) in [5.41, 5.74) is 1.04. The van der Waals surface area contributed by atoms with E-state index in [1.807, 2.05) is 58.0 Å². The molecule has 0 bridgehead atoms. The van der Waals surface area contributed by atoms with E-state index in [1.165, 1.54) is 0 Å². The normalized spacial score (nSPS) is 12.5. The Morgan fingerprint density at radius 1 is 1.18 bits per heavy atom. The zero-order valence-corrected chi connectivity index (χ0v) is 14.3. The van der Waals surface area contributed by atoms with Crippen molar-refractivity contribution in [2.45, 2.75) is 44.4 Å². The van der Waals surface area contributed by atoms with E-state index in [4.69, 9.17) is 0 Å². The monoisotopic (exact) mass is 321 g/mol. The van der Waals surface area contributed by atoms with E-state index in [1.54, 1.807) is 10.9 Å². The molecule has 0 saturated carbocycles. The highest BCUT2D eigenvalue weighted by atomic mass is 32.2. The molecule has 1 heterocycles. The fourth-order valence-electron chi connectivity index (χ4n) is 2.10. The molecule has 2 aromatic rings. The standard InChI is InChI=1S/C16H23N3O2S/c1-5-11-17-22(20,21)14-12-19(13-9-7-6-8-10-13)18-15(14)16(2,3)4/h6-10,12,17H,5,11H2,1-4H3. The molecular formula is C16H23N3O2S. The lowest BCUT2D eigenvalue weighted by molar-refractivity contribution is 0.539. The summed E-state index contributed by atoms with van der Waals surface area (Å²) in [7, 11) is -3.56. The third-order valence-corrected chi connectivity index (χ3v) is 4.71. The zero-order valence-electron chi connectivity index (χ0n) is 13.5. The van der Waals surface area contributed by atoms with E-state index < -0.39 is 10.0 Å². The number of hydrogen-bond acceptors (Lipinski definition) is 3. The first-order valence-electron chi connectivity index (χ1n) is 7.41. The quantitative estimate of drug-likeness (QED) is 0.921. The van der Waals surface area contributed by atoms with E-state index >= 15 is 0 Å². The van der Waals surface area contributed by atoms with Gasteiger partial charge in [-0.25, -0.2) is 17.8 Å². The third-order valence-electron chi connectivity index (χ3n) is 3.24. The van der Waals surface area contributed by atoms with E-state index in [0.29, 0.717) is 12.2 Å². The Labute approximate surface area is 132 Å². The molecule has 1 aromatic heterocycles. The molecule has 0 aliphatic carbocycles. The highest BCUT2D eigenvalue weighted by Gasteiger charge is 2.29. The first-order chi connectivity index (χ1) is 10.3. The van der Waals surface area contributed by atoms with Crippen LogP contribution in [-0.2, 0) is 15.4 Å². The van der Waals surface area contributed by atoms with Gasteiger partial charge in [-0.05, 0) is 18.6 Å². The van der Waals surface area contributed by atoms with Crippen molar-refractivity contribution in [3.8, 4) is 5.69 Å². The van der Waals surface area contributed by atoms with Crippen LogP contribution >= 0.6 is 0 Å². The summed E-state index contributed by atoms with van der Waals surface area (Å²) in [6.07, 6.45) is 2.34. The van der Waals surface area contributed by atoms with Crippen molar-refractivity contribution in [2.24, 2.45) is 0 Å². The Hall–Kier alpha value is -1.66. The number of aromatic nitrogens is 2. The Morgan fingerprint density at radius 2 is 1.82 bits per heavy atom. The van der Waals surface area contributed by atoms with Gasteiger partial charge < -0.3 is 0 Å². The summed E-state index contributed by atoms with van der Waals surface area (Å²) in [6, 6.07) is 9.51. The van der Waals surface area contributed by atoms with Gasteiger partial charge in [-0.1, -0.05) is 45.9 Å². The molecule has 0 spiro atoms. The minimum Gasteiger partial charge on any atom is -0.239 e. The van der Waals surface area contributed by atoms with Crippen LogP contribution in [0.2, 0.25) is 0 Å². The van der Waals surface area contributed by atoms with Crippen LogP contribution in [-0.4, -0.2) is 24.7 Å². The second-order valence-corrected chi connectivity index (χ2v) is 8.01. The number of sulfonamides is 1. The van der Waals surface area contributed by atoms with Crippen molar-refractivity contribution in [1.29, 1.82) is 0 Å². The lowest BCUT2D eigenvalue weighted by Gasteiger charge is -2.17. The topological polar surface area (TPSA) is 64.0 Å². The maximum absolute atomic E-state index is 12.5. The van der Waals surface area contributed by atoms with Crippen molar-refractivity contribution in [2.75, 3.05) is 6.54 Å². The van der Waals surface area contributed by atoms with Crippen LogP contribution in [0.25, 0.3) is 5.69 Å². The van der Waals surface area contributed by atoms with Crippen molar-refractivity contribution in [3.63, 3.8) is 0 Å². The van der Waals surface area contributed by atoms with Gasteiger partial charge >= 0.3 is 0 Å². The van der Waals surface area contributed by atoms with Crippen LogP contribution in [0.3, 0.4) is 0 Å². The lowest BCUT2D eigenvalue weighted by Crippen LogP contribution is -2.27. The highest BCUT2D eigenvalue weighted by Crippen LogP contribution is 2.28. The Balaban J connectivity index is 2.56. The minimum absolute atomic E-state index is 0.248. The van der Waals surface area contributed by atoms with Gasteiger partial charge in [0, 0.05) is 12.0 Å². The van der Waals surface area contributed by atoms with E-state index in [2.05, 4.69) is 9.82 Å². The van der Waals surface area contributed by atoms with E-state index in [-0.39, 0.29) is 10.3 Å². The zero-order chi connectivity index (χ0) is 16.4. The number of para-hydroxylation sites is 1.